The zero-order valence-corrected chi connectivity index (χ0v) is 23.2. The Kier molecular flexibility index (Phi) is 9.12. The molecule has 15 heteroatoms. The van der Waals surface area contributed by atoms with Crippen molar-refractivity contribution in [1.82, 2.24) is 25.2 Å². The van der Waals surface area contributed by atoms with E-state index in [-0.39, 0.29) is 25.0 Å². The summed E-state index contributed by atoms with van der Waals surface area (Å²) in [6, 6.07) is -0.856. The number of hydrogen-bond acceptors (Lipinski definition) is 12. The third-order valence-electron chi connectivity index (χ3n) is 5.67. The van der Waals surface area contributed by atoms with E-state index < -0.39 is 41.0 Å². The van der Waals surface area contributed by atoms with Crippen molar-refractivity contribution in [2.45, 2.75) is 70.4 Å². The lowest BCUT2D eigenvalue weighted by atomic mass is 10.0. The number of fused-ring (bicyclic) bond motifs is 1. The van der Waals surface area contributed by atoms with Crippen molar-refractivity contribution in [3.8, 4) is 0 Å². The van der Waals surface area contributed by atoms with Gasteiger partial charge in [-0.3, -0.25) is 19.2 Å². The first-order valence-corrected chi connectivity index (χ1v) is 13.6. The molecule has 14 nitrogen and oxygen atoms in total. The molecule has 4 heterocycles. The first-order chi connectivity index (χ1) is 18.5. The van der Waals surface area contributed by atoms with Gasteiger partial charge in [0.25, 0.3) is 5.91 Å². The molecule has 39 heavy (non-hydrogen) atoms. The summed E-state index contributed by atoms with van der Waals surface area (Å²) < 4.78 is 28.0. The number of epoxide rings is 1. The summed E-state index contributed by atoms with van der Waals surface area (Å²) in [5, 5.41) is 10.2. The minimum absolute atomic E-state index is 0.0343. The summed E-state index contributed by atoms with van der Waals surface area (Å²) in [7, 11) is 0. The molecular formula is C24H33N5O9S. The Morgan fingerprint density at radius 1 is 1.23 bits per heavy atom. The number of nitrogens with zero attached hydrogens (tertiary/aromatic N) is 4. The number of carbonyl (C=O) groups excluding carboxylic acids is 4. The number of amides is 2. The van der Waals surface area contributed by atoms with Crippen molar-refractivity contribution < 1.29 is 42.9 Å². The molecule has 4 rings (SSSR count). The average Bonchev–Trinajstić information content (AvgIpc) is 3.58. The van der Waals surface area contributed by atoms with Crippen LogP contribution in [-0.4, -0.2) is 99.1 Å². The van der Waals surface area contributed by atoms with Gasteiger partial charge in [0.05, 0.1) is 32.6 Å². The maximum absolute atomic E-state index is 13.1. The molecule has 2 fully saturated rings. The highest BCUT2D eigenvalue weighted by Crippen LogP contribution is 2.40. The molecule has 3 aliphatic heterocycles. The Bertz CT molecular complexity index is 1130. The van der Waals surface area contributed by atoms with Gasteiger partial charge in [-0.25, -0.2) is 9.59 Å². The van der Waals surface area contributed by atoms with Crippen LogP contribution in [0.15, 0.2) is 17.5 Å². The largest absolute Gasteiger partial charge is 0.461 e. The Hall–Kier alpha value is -3.17. The predicted octanol–water partition coefficient (Wildman–Crippen LogP) is 0.752. The number of hydrogen-bond donors (Lipinski definition) is 1. The highest BCUT2D eigenvalue weighted by Gasteiger charge is 2.55. The topological polar surface area (TPSA) is 164 Å². The number of carbonyl (C=O) groups is 4. The second-order valence-corrected chi connectivity index (χ2v) is 11.3. The van der Waals surface area contributed by atoms with Crippen LogP contribution in [0.3, 0.4) is 0 Å². The number of thioether (sulfide) groups is 1. The molecule has 3 unspecified atom stereocenters. The second kappa shape index (κ2) is 12.3. The van der Waals surface area contributed by atoms with Crippen LogP contribution < -0.4 is 5.32 Å². The number of rotatable bonds is 12. The van der Waals surface area contributed by atoms with Gasteiger partial charge in [-0.2, -0.15) is 0 Å². The third kappa shape index (κ3) is 7.92. The van der Waals surface area contributed by atoms with Gasteiger partial charge >= 0.3 is 18.0 Å². The maximum Gasteiger partial charge on any atom is 0.408 e. The molecule has 1 aromatic rings. The van der Waals surface area contributed by atoms with Crippen molar-refractivity contribution >= 4 is 35.7 Å². The van der Waals surface area contributed by atoms with E-state index in [0.717, 1.165) is 6.61 Å². The van der Waals surface area contributed by atoms with Crippen molar-refractivity contribution in [2.75, 3.05) is 32.2 Å². The van der Waals surface area contributed by atoms with Crippen LogP contribution >= 0.6 is 11.8 Å². The van der Waals surface area contributed by atoms with Crippen LogP contribution in [0.1, 0.15) is 39.8 Å². The molecule has 0 bridgehead atoms. The lowest BCUT2D eigenvalue weighted by Crippen LogP contribution is -2.70. The minimum Gasteiger partial charge on any atom is -0.461 e. The summed E-state index contributed by atoms with van der Waals surface area (Å²) in [6.45, 7) is 8.37. The number of β-lactam (4-membered cyclic amide) rings is 1. The fourth-order valence-electron chi connectivity index (χ4n) is 3.84. The lowest BCUT2D eigenvalue weighted by Gasteiger charge is -2.49. The molecule has 2 amide bonds. The smallest absolute Gasteiger partial charge is 0.408 e. The molecule has 0 aromatic carbocycles. The summed E-state index contributed by atoms with van der Waals surface area (Å²) in [6.07, 6.45) is 1.66. The molecule has 0 radical (unpaired) electrons. The quantitative estimate of drug-likeness (QED) is 0.124. The van der Waals surface area contributed by atoms with Crippen LogP contribution in [0, 0.1) is 0 Å². The SMILES string of the molecule is CC(=O)OCC1=C(C(=O)OCCCn2cc(COCC3CO3)nn2)N2C(=O)C(NC(=O)OC(C)(C)C)C2SC1. The molecule has 0 spiro atoms. The average molecular weight is 568 g/mol. The van der Waals surface area contributed by atoms with Gasteiger partial charge in [0.1, 0.15) is 41.1 Å². The lowest BCUT2D eigenvalue weighted by molar-refractivity contribution is -0.152. The Morgan fingerprint density at radius 3 is 2.69 bits per heavy atom. The van der Waals surface area contributed by atoms with Crippen molar-refractivity contribution in [2.24, 2.45) is 0 Å². The maximum atomic E-state index is 13.1. The van der Waals surface area contributed by atoms with E-state index >= 15 is 0 Å². The van der Waals surface area contributed by atoms with Crippen LogP contribution in [0.4, 0.5) is 4.79 Å². The zero-order valence-electron chi connectivity index (χ0n) is 22.3. The standard InChI is InChI=1S/C24H33N5O9S/c1-14(30)36-9-15-13-39-21-18(25-23(33)38-24(2,3)4)20(31)29(21)19(15)22(32)35-7-5-6-28-8-16(26-27-28)10-34-11-17-12-37-17/h8,17-18,21H,5-7,9-13H2,1-4H3,(H,25,33). The summed E-state index contributed by atoms with van der Waals surface area (Å²) >= 11 is 1.35. The molecule has 3 aliphatic rings. The van der Waals surface area contributed by atoms with Gasteiger partial charge in [-0.15, -0.1) is 16.9 Å². The first kappa shape index (κ1) is 28.8. The van der Waals surface area contributed by atoms with Gasteiger partial charge in [-0.05, 0) is 20.8 Å². The molecule has 1 aromatic heterocycles. The summed E-state index contributed by atoms with van der Waals surface area (Å²) in [5.41, 5.74) is 0.449. The number of ether oxygens (including phenoxy) is 5. The molecule has 0 saturated carbocycles. The Labute approximate surface area is 229 Å². The van der Waals surface area contributed by atoms with Crippen LogP contribution in [-0.2, 0) is 51.2 Å². The molecule has 1 N–H and O–H groups in total. The minimum atomic E-state index is -0.856. The monoisotopic (exact) mass is 567 g/mol. The second-order valence-electron chi connectivity index (χ2n) is 10.2. The van der Waals surface area contributed by atoms with Crippen molar-refractivity contribution in [1.29, 1.82) is 0 Å². The third-order valence-corrected chi connectivity index (χ3v) is 7.01. The van der Waals surface area contributed by atoms with Gasteiger partial charge in [0, 0.05) is 31.2 Å². The zero-order chi connectivity index (χ0) is 28.2. The highest BCUT2D eigenvalue weighted by molar-refractivity contribution is 8.00. The van der Waals surface area contributed by atoms with Crippen LogP contribution in [0.2, 0.25) is 0 Å². The van der Waals surface area contributed by atoms with Gasteiger partial charge in [0.2, 0.25) is 0 Å². The van der Waals surface area contributed by atoms with E-state index in [1.165, 1.54) is 23.6 Å². The Balaban J connectivity index is 1.31. The fourth-order valence-corrected chi connectivity index (χ4v) is 5.17. The highest BCUT2D eigenvalue weighted by atomic mass is 32.2. The van der Waals surface area contributed by atoms with Gasteiger partial charge < -0.3 is 29.0 Å². The summed E-state index contributed by atoms with van der Waals surface area (Å²) in [5.74, 6) is -1.38. The van der Waals surface area contributed by atoms with E-state index in [0.29, 0.717) is 43.2 Å². The normalized spacial score (nSPS) is 22.1. The van der Waals surface area contributed by atoms with Crippen LogP contribution in [0.25, 0.3) is 0 Å². The molecule has 2 saturated heterocycles. The van der Waals surface area contributed by atoms with Crippen LogP contribution in [0.5, 0.6) is 0 Å². The fraction of sp³-hybridized carbons (Fsp3) is 0.667. The van der Waals surface area contributed by atoms with E-state index in [2.05, 4.69) is 15.6 Å². The number of aromatic nitrogens is 3. The van der Waals surface area contributed by atoms with E-state index in [9.17, 15) is 19.2 Å². The first-order valence-electron chi connectivity index (χ1n) is 12.6. The summed E-state index contributed by atoms with van der Waals surface area (Å²) in [4.78, 5) is 51.0. The molecular weight excluding hydrogens is 534 g/mol. The van der Waals surface area contributed by atoms with Gasteiger partial charge in [0.15, 0.2) is 0 Å². The Morgan fingerprint density at radius 2 is 2.00 bits per heavy atom. The van der Waals surface area contributed by atoms with E-state index in [1.807, 2.05) is 0 Å². The number of nitrogens with one attached hydrogen (secondary N) is 1. The molecule has 3 atom stereocenters. The number of esters is 2. The molecule has 214 valence electrons. The molecule has 0 aliphatic carbocycles. The number of aryl methyl sites for hydroxylation is 1. The van der Waals surface area contributed by atoms with Crippen molar-refractivity contribution in [3.63, 3.8) is 0 Å². The van der Waals surface area contributed by atoms with E-state index in [1.54, 1.807) is 31.6 Å². The van der Waals surface area contributed by atoms with Gasteiger partial charge in [-0.1, -0.05) is 5.21 Å². The predicted molar refractivity (Wildman–Crippen MR) is 135 cm³/mol. The van der Waals surface area contributed by atoms with E-state index in [4.69, 9.17) is 23.7 Å². The van der Waals surface area contributed by atoms with Crippen molar-refractivity contribution in [3.05, 3.63) is 23.2 Å². The number of alkyl carbamates (subject to hydrolysis) is 1.